The summed E-state index contributed by atoms with van der Waals surface area (Å²) >= 11 is 0. The van der Waals surface area contributed by atoms with Crippen LogP contribution in [0.2, 0.25) is 0 Å². The van der Waals surface area contributed by atoms with Crippen molar-refractivity contribution in [1.29, 1.82) is 0 Å². The maximum Gasteiger partial charge on any atom is 0.407 e. The molecular weight excluding hydrogens is 238 g/mol. The molecule has 0 spiro atoms. The van der Waals surface area contributed by atoms with Crippen LogP contribution in [-0.2, 0) is 14.9 Å². The van der Waals surface area contributed by atoms with Crippen molar-refractivity contribution in [2.45, 2.75) is 38.2 Å². The van der Waals surface area contributed by atoms with Crippen LogP contribution < -0.4 is 5.32 Å². The van der Waals surface area contributed by atoms with E-state index in [1.165, 1.54) is 0 Å². The summed E-state index contributed by atoms with van der Waals surface area (Å²) in [5, 5.41) is 11.1. The second-order valence-corrected chi connectivity index (χ2v) is 5.76. The number of aliphatic hydroxyl groups excluding tert-OH is 1. The van der Waals surface area contributed by atoms with Crippen LogP contribution in [-0.4, -0.2) is 41.8 Å². The fourth-order valence-corrected chi connectivity index (χ4v) is 1.18. The van der Waals surface area contributed by atoms with Gasteiger partial charge in [-0.05, 0) is 20.8 Å². The van der Waals surface area contributed by atoms with Gasteiger partial charge in [0.25, 0.3) is 10.1 Å². The van der Waals surface area contributed by atoms with Gasteiger partial charge in [0.2, 0.25) is 0 Å². The van der Waals surface area contributed by atoms with Gasteiger partial charge in [0.05, 0.1) is 0 Å². The van der Waals surface area contributed by atoms with E-state index in [9.17, 15) is 13.2 Å². The van der Waals surface area contributed by atoms with Crippen molar-refractivity contribution < 1.29 is 27.6 Å². The molecule has 1 amide bonds. The zero-order valence-corrected chi connectivity index (χ0v) is 10.2. The lowest BCUT2D eigenvalue weighted by atomic mass is 10.2. The summed E-state index contributed by atoms with van der Waals surface area (Å²) in [4.78, 5) is 11.1. The molecule has 0 aromatic carbocycles. The number of aliphatic hydroxyl groups is 1. The van der Waals surface area contributed by atoms with Gasteiger partial charge in [-0.2, -0.15) is 8.42 Å². The third-order valence-corrected chi connectivity index (χ3v) is 2.33. The zero-order valence-electron chi connectivity index (χ0n) is 9.43. The Morgan fingerprint density at radius 1 is 1.44 bits per heavy atom. The molecule has 0 aliphatic rings. The topological polar surface area (TPSA) is 113 Å². The molecule has 0 aromatic rings. The Labute approximate surface area is 94.5 Å². The molecule has 0 saturated heterocycles. The number of ether oxygens (including phenoxy) is 1. The van der Waals surface area contributed by atoms with E-state index in [4.69, 9.17) is 14.4 Å². The molecule has 0 aliphatic carbocycles. The van der Waals surface area contributed by atoms with Crippen LogP contribution >= 0.6 is 0 Å². The molecule has 0 heterocycles. The van der Waals surface area contributed by atoms with Crippen molar-refractivity contribution in [1.82, 2.24) is 5.32 Å². The highest BCUT2D eigenvalue weighted by molar-refractivity contribution is 7.86. The second kappa shape index (κ2) is 5.46. The monoisotopic (exact) mass is 255 g/mol. The van der Waals surface area contributed by atoms with E-state index in [0.29, 0.717) is 0 Å². The highest BCUT2D eigenvalue weighted by Crippen LogP contribution is 2.06. The van der Waals surface area contributed by atoms with Gasteiger partial charge in [0, 0.05) is 13.0 Å². The summed E-state index contributed by atoms with van der Waals surface area (Å²) in [6.45, 7) is 4.93. The maximum atomic E-state index is 11.1. The van der Waals surface area contributed by atoms with Crippen LogP contribution in [0.15, 0.2) is 0 Å². The largest absolute Gasteiger partial charge is 0.444 e. The summed E-state index contributed by atoms with van der Waals surface area (Å²) in [5.41, 5.74) is -2.55. The number of carbonyl (C=O) groups excluding carboxylic acids is 1. The Kier molecular flexibility index (Phi) is 5.17. The number of hydrogen-bond acceptors (Lipinski definition) is 5. The van der Waals surface area contributed by atoms with Crippen molar-refractivity contribution in [3.8, 4) is 0 Å². The van der Waals surface area contributed by atoms with Crippen molar-refractivity contribution >= 4 is 16.2 Å². The molecule has 8 heteroatoms. The van der Waals surface area contributed by atoms with Crippen molar-refractivity contribution in [3.63, 3.8) is 0 Å². The first-order valence-electron chi connectivity index (χ1n) is 4.63. The smallest absolute Gasteiger partial charge is 0.407 e. The Balaban J connectivity index is 3.88. The van der Waals surface area contributed by atoms with Gasteiger partial charge in [-0.1, -0.05) is 0 Å². The Hall–Kier alpha value is -0.860. The van der Waals surface area contributed by atoms with Gasteiger partial charge >= 0.3 is 6.09 Å². The molecule has 1 unspecified atom stereocenters. The molecule has 0 aliphatic heterocycles. The number of rotatable bonds is 4. The second-order valence-electron chi connectivity index (χ2n) is 4.19. The summed E-state index contributed by atoms with van der Waals surface area (Å²) in [7, 11) is -4.47. The van der Waals surface area contributed by atoms with Gasteiger partial charge in [-0.25, -0.2) is 4.79 Å². The lowest BCUT2D eigenvalue weighted by Crippen LogP contribution is -2.35. The lowest BCUT2D eigenvalue weighted by molar-refractivity contribution is 0.0522. The number of amides is 1. The van der Waals surface area contributed by atoms with Crippen LogP contribution in [0.25, 0.3) is 0 Å². The predicted molar refractivity (Wildman–Crippen MR) is 56.4 cm³/mol. The lowest BCUT2D eigenvalue weighted by Gasteiger charge is -2.19. The minimum Gasteiger partial charge on any atom is -0.444 e. The van der Waals surface area contributed by atoms with E-state index < -0.39 is 27.2 Å². The van der Waals surface area contributed by atoms with E-state index in [-0.39, 0.29) is 13.0 Å². The third-order valence-electron chi connectivity index (χ3n) is 1.40. The summed E-state index contributed by atoms with van der Waals surface area (Å²) in [6.07, 6.45) is -1.02. The van der Waals surface area contributed by atoms with Crippen molar-refractivity contribution in [2.24, 2.45) is 0 Å². The van der Waals surface area contributed by atoms with E-state index in [1.54, 1.807) is 20.8 Å². The molecule has 0 rings (SSSR count). The van der Waals surface area contributed by atoms with Gasteiger partial charge in [0.15, 0.2) is 5.44 Å². The molecule has 7 nitrogen and oxygen atoms in total. The standard InChI is InChI=1S/C8H17NO6S/c1-8(2,3)15-7(11)9-5-4-6(10)16(12,13)14/h6,10H,4-5H2,1-3H3,(H,9,11)(H,12,13,14). The first-order valence-corrected chi connectivity index (χ1v) is 6.14. The summed E-state index contributed by atoms with van der Waals surface area (Å²) < 4.78 is 34.1. The molecule has 3 N–H and O–H groups in total. The Morgan fingerprint density at radius 3 is 2.31 bits per heavy atom. The highest BCUT2D eigenvalue weighted by Gasteiger charge is 2.20. The molecular formula is C8H17NO6S. The number of alkyl carbamates (subject to hydrolysis) is 1. The predicted octanol–water partition coefficient (Wildman–Crippen LogP) is 0.107. The third kappa shape index (κ3) is 7.43. The Bertz CT molecular complexity index is 331. The number of nitrogens with one attached hydrogen (secondary N) is 1. The minimum atomic E-state index is -4.47. The molecule has 0 fully saturated rings. The van der Waals surface area contributed by atoms with Gasteiger partial charge in [0.1, 0.15) is 5.60 Å². The molecule has 0 saturated carbocycles. The van der Waals surface area contributed by atoms with E-state index in [0.717, 1.165) is 0 Å². The van der Waals surface area contributed by atoms with Crippen LogP contribution in [0, 0.1) is 0 Å². The minimum absolute atomic E-state index is 0.115. The molecule has 96 valence electrons. The normalized spacial score (nSPS) is 14.3. The van der Waals surface area contributed by atoms with Gasteiger partial charge < -0.3 is 15.2 Å². The molecule has 1 atom stereocenters. The van der Waals surface area contributed by atoms with Crippen LogP contribution in [0.4, 0.5) is 4.79 Å². The highest BCUT2D eigenvalue weighted by atomic mass is 32.2. The molecule has 0 bridgehead atoms. The molecule has 0 radical (unpaired) electrons. The van der Waals surface area contributed by atoms with Crippen LogP contribution in [0.5, 0.6) is 0 Å². The quantitative estimate of drug-likeness (QED) is 0.614. The first kappa shape index (κ1) is 15.1. The number of carbonyl (C=O) groups is 1. The summed E-state index contributed by atoms with van der Waals surface area (Å²) in [5.74, 6) is 0. The molecule has 16 heavy (non-hydrogen) atoms. The number of hydrogen-bond donors (Lipinski definition) is 3. The maximum absolute atomic E-state index is 11.1. The molecule has 0 aromatic heterocycles. The Morgan fingerprint density at radius 2 is 1.94 bits per heavy atom. The average molecular weight is 255 g/mol. The van der Waals surface area contributed by atoms with Crippen LogP contribution in [0.3, 0.4) is 0 Å². The van der Waals surface area contributed by atoms with Crippen LogP contribution in [0.1, 0.15) is 27.2 Å². The van der Waals surface area contributed by atoms with E-state index >= 15 is 0 Å². The fraction of sp³-hybridized carbons (Fsp3) is 0.875. The first-order chi connectivity index (χ1) is 7.02. The zero-order chi connectivity index (χ0) is 13.0. The summed E-state index contributed by atoms with van der Waals surface area (Å²) in [6, 6.07) is 0. The van der Waals surface area contributed by atoms with E-state index in [1.807, 2.05) is 0 Å². The van der Waals surface area contributed by atoms with Gasteiger partial charge in [-0.15, -0.1) is 0 Å². The van der Waals surface area contributed by atoms with Gasteiger partial charge in [-0.3, -0.25) is 4.55 Å². The fourth-order valence-electron chi connectivity index (χ4n) is 0.761. The SMILES string of the molecule is CC(C)(C)OC(=O)NCCC(O)S(=O)(=O)O. The van der Waals surface area contributed by atoms with Crippen molar-refractivity contribution in [2.75, 3.05) is 6.54 Å². The van der Waals surface area contributed by atoms with E-state index in [2.05, 4.69) is 5.32 Å². The average Bonchev–Trinajstić information content (AvgIpc) is 1.98. The van der Waals surface area contributed by atoms with Crippen molar-refractivity contribution in [3.05, 3.63) is 0 Å².